The molecule has 8 heteroatoms. The van der Waals surface area contributed by atoms with Crippen molar-refractivity contribution < 1.29 is 34.1 Å². The molecule has 2 atom stereocenters. The second-order valence-corrected chi connectivity index (χ2v) is 7.52. The first-order chi connectivity index (χ1) is 16.9. The number of aliphatic carboxylic acids is 1. The Hall–Kier alpha value is -4.59. The Morgan fingerprint density at radius 1 is 0.886 bits per heavy atom. The number of hydrogen-bond acceptors (Lipinski definition) is 6. The molecule has 0 aromatic heterocycles. The second-order valence-electron chi connectivity index (χ2n) is 7.52. The number of amides is 2. The SMILES string of the molecule is O=C(O)/C=C/CC[C@H](Oc1ccccc1)[C@@H](OC(=O)NC(=O)c1ccccc1)c1ccc(O)cc1. The summed E-state index contributed by atoms with van der Waals surface area (Å²) in [4.78, 5) is 36.0. The average molecular weight is 475 g/mol. The Kier molecular flexibility index (Phi) is 9.01. The number of carbonyl (C=O) groups is 3. The number of imide groups is 1. The molecule has 0 heterocycles. The van der Waals surface area contributed by atoms with E-state index in [1.807, 2.05) is 6.07 Å². The monoisotopic (exact) mass is 475 g/mol. The second kappa shape index (κ2) is 12.6. The van der Waals surface area contributed by atoms with Crippen molar-refractivity contribution in [2.75, 3.05) is 0 Å². The van der Waals surface area contributed by atoms with Crippen molar-refractivity contribution in [3.8, 4) is 11.5 Å². The number of rotatable bonds is 10. The predicted octanol–water partition coefficient (Wildman–Crippen LogP) is 4.87. The molecule has 3 N–H and O–H groups in total. The summed E-state index contributed by atoms with van der Waals surface area (Å²) in [7, 11) is 0. The maximum atomic E-state index is 12.7. The third-order valence-electron chi connectivity index (χ3n) is 4.95. The van der Waals surface area contributed by atoms with E-state index in [2.05, 4.69) is 5.32 Å². The van der Waals surface area contributed by atoms with Crippen molar-refractivity contribution in [3.63, 3.8) is 0 Å². The lowest BCUT2D eigenvalue weighted by atomic mass is 10.00. The number of carboxylic acids is 1. The summed E-state index contributed by atoms with van der Waals surface area (Å²) >= 11 is 0. The molecule has 0 saturated carbocycles. The van der Waals surface area contributed by atoms with Crippen molar-refractivity contribution in [2.45, 2.75) is 25.0 Å². The Labute approximate surface area is 202 Å². The zero-order chi connectivity index (χ0) is 25.0. The third-order valence-corrected chi connectivity index (χ3v) is 4.95. The lowest BCUT2D eigenvalue weighted by molar-refractivity contribution is -0.131. The normalized spacial score (nSPS) is 12.5. The Morgan fingerprint density at radius 2 is 1.51 bits per heavy atom. The number of phenols is 1. The van der Waals surface area contributed by atoms with E-state index < -0.39 is 30.2 Å². The van der Waals surface area contributed by atoms with Crippen LogP contribution in [0.3, 0.4) is 0 Å². The number of phenolic OH excluding ortho intramolecular Hbond substituents is 1. The average Bonchev–Trinajstić information content (AvgIpc) is 2.86. The van der Waals surface area contributed by atoms with E-state index in [-0.39, 0.29) is 5.75 Å². The van der Waals surface area contributed by atoms with Crippen LogP contribution >= 0.6 is 0 Å². The van der Waals surface area contributed by atoms with Crippen molar-refractivity contribution in [1.29, 1.82) is 0 Å². The number of para-hydroxylation sites is 1. The molecule has 3 rings (SSSR count). The van der Waals surface area contributed by atoms with Crippen LogP contribution in [0.25, 0.3) is 0 Å². The molecule has 2 amide bonds. The molecule has 0 aliphatic heterocycles. The van der Waals surface area contributed by atoms with Crippen LogP contribution in [-0.2, 0) is 9.53 Å². The van der Waals surface area contributed by atoms with Gasteiger partial charge in [0.15, 0.2) is 6.10 Å². The number of ether oxygens (including phenoxy) is 2. The maximum Gasteiger partial charge on any atom is 0.414 e. The number of carbonyl (C=O) groups excluding carboxylic acids is 2. The van der Waals surface area contributed by atoms with Crippen molar-refractivity contribution in [2.24, 2.45) is 0 Å². The van der Waals surface area contributed by atoms with Crippen LogP contribution in [-0.4, -0.2) is 34.3 Å². The summed E-state index contributed by atoms with van der Waals surface area (Å²) in [5.41, 5.74) is 0.815. The van der Waals surface area contributed by atoms with Crippen LogP contribution in [0.1, 0.15) is 34.9 Å². The summed E-state index contributed by atoms with van der Waals surface area (Å²) in [5, 5.41) is 20.8. The van der Waals surface area contributed by atoms with E-state index in [9.17, 15) is 19.5 Å². The van der Waals surface area contributed by atoms with Crippen molar-refractivity contribution in [3.05, 3.63) is 108 Å². The molecule has 8 nitrogen and oxygen atoms in total. The molecule has 0 aliphatic rings. The number of allylic oxidation sites excluding steroid dienone is 1. The van der Waals surface area contributed by atoms with E-state index in [0.29, 0.717) is 29.7 Å². The molecule has 35 heavy (non-hydrogen) atoms. The van der Waals surface area contributed by atoms with Crippen LogP contribution in [0.4, 0.5) is 4.79 Å². The highest BCUT2D eigenvalue weighted by Crippen LogP contribution is 2.30. The van der Waals surface area contributed by atoms with Gasteiger partial charge in [0.2, 0.25) is 0 Å². The number of carboxylic acid groups (broad SMARTS) is 1. The van der Waals surface area contributed by atoms with Crippen molar-refractivity contribution in [1.82, 2.24) is 5.32 Å². The Balaban J connectivity index is 1.85. The van der Waals surface area contributed by atoms with E-state index in [4.69, 9.17) is 14.6 Å². The molecule has 0 fully saturated rings. The van der Waals surface area contributed by atoms with Gasteiger partial charge in [-0.15, -0.1) is 0 Å². The fourth-order valence-electron chi connectivity index (χ4n) is 3.31. The van der Waals surface area contributed by atoms with Crippen molar-refractivity contribution >= 4 is 18.0 Å². The summed E-state index contributed by atoms with van der Waals surface area (Å²) < 4.78 is 11.8. The molecule has 3 aromatic rings. The highest BCUT2D eigenvalue weighted by atomic mass is 16.6. The molecule has 0 spiro atoms. The standard InChI is InChI=1S/C27H25NO7/c29-21-17-15-19(16-18-21)25(35-27(33)28-26(32)20-9-3-1-4-10-20)23(13-7-8-14-24(30)31)34-22-11-5-2-6-12-22/h1-6,8-12,14-18,23,25,29H,7,13H2,(H,30,31)(H,28,32,33)/b14-8+/t23-,25-/m0/s1. The number of nitrogens with one attached hydrogen (secondary N) is 1. The Bertz CT molecular complexity index is 1150. The fraction of sp³-hybridized carbons (Fsp3) is 0.148. The first-order valence-corrected chi connectivity index (χ1v) is 10.9. The molecule has 3 aromatic carbocycles. The molecule has 180 valence electrons. The zero-order valence-electron chi connectivity index (χ0n) is 18.7. The summed E-state index contributed by atoms with van der Waals surface area (Å²) in [6.45, 7) is 0. The van der Waals surface area contributed by atoms with Gasteiger partial charge in [0.25, 0.3) is 5.91 Å². The minimum absolute atomic E-state index is 0.0288. The minimum Gasteiger partial charge on any atom is -0.508 e. The van der Waals surface area contributed by atoms with Gasteiger partial charge in [0.05, 0.1) is 0 Å². The molecule has 0 aliphatic carbocycles. The highest BCUT2D eigenvalue weighted by molar-refractivity contribution is 6.02. The van der Waals surface area contributed by atoms with Gasteiger partial charge in [-0.1, -0.05) is 54.6 Å². The largest absolute Gasteiger partial charge is 0.508 e. The number of benzene rings is 3. The van der Waals surface area contributed by atoms with Crippen LogP contribution in [0.15, 0.2) is 97.1 Å². The Morgan fingerprint density at radius 3 is 2.14 bits per heavy atom. The van der Waals surface area contributed by atoms with Gasteiger partial charge in [-0.3, -0.25) is 10.1 Å². The quantitative estimate of drug-likeness (QED) is 0.358. The minimum atomic E-state index is -1.07. The maximum absolute atomic E-state index is 12.7. The van der Waals surface area contributed by atoms with Crippen LogP contribution in [0.5, 0.6) is 11.5 Å². The molecule has 0 bridgehead atoms. The van der Waals surface area contributed by atoms with E-state index >= 15 is 0 Å². The summed E-state index contributed by atoms with van der Waals surface area (Å²) in [6, 6.07) is 23.2. The summed E-state index contributed by atoms with van der Waals surface area (Å²) in [5.74, 6) is -1.14. The van der Waals surface area contributed by atoms with Gasteiger partial charge in [0.1, 0.15) is 17.6 Å². The van der Waals surface area contributed by atoms with Gasteiger partial charge in [-0.2, -0.15) is 0 Å². The number of hydrogen-bond donors (Lipinski definition) is 3. The predicted molar refractivity (Wildman–Crippen MR) is 128 cm³/mol. The van der Waals surface area contributed by atoms with Gasteiger partial charge in [0, 0.05) is 11.6 Å². The molecule has 0 saturated heterocycles. The van der Waals surface area contributed by atoms with Gasteiger partial charge in [-0.25, -0.2) is 9.59 Å². The first-order valence-electron chi connectivity index (χ1n) is 10.9. The topological polar surface area (TPSA) is 122 Å². The van der Waals surface area contributed by atoms with Gasteiger partial charge < -0.3 is 19.7 Å². The smallest absolute Gasteiger partial charge is 0.414 e. The number of alkyl carbamates (subject to hydrolysis) is 1. The van der Waals surface area contributed by atoms with E-state index in [0.717, 1.165) is 6.08 Å². The summed E-state index contributed by atoms with van der Waals surface area (Å²) in [6.07, 6.45) is 0.448. The van der Waals surface area contributed by atoms with Gasteiger partial charge >= 0.3 is 12.1 Å². The molecule has 0 unspecified atom stereocenters. The molecular formula is C27H25NO7. The van der Waals surface area contributed by atoms with E-state index in [1.165, 1.54) is 18.2 Å². The lowest BCUT2D eigenvalue weighted by Gasteiger charge is -2.28. The number of aromatic hydroxyl groups is 1. The van der Waals surface area contributed by atoms with Crippen LogP contribution in [0.2, 0.25) is 0 Å². The van der Waals surface area contributed by atoms with Crippen LogP contribution in [0, 0.1) is 0 Å². The van der Waals surface area contributed by atoms with Crippen LogP contribution < -0.4 is 10.1 Å². The fourth-order valence-corrected chi connectivity index (χ4v) is 3.31. The van der Waals surface area contributed by atoms with Gasteiger partial charge in [-0.05, 0) is 54.8 Å². The lowest BCUT2D eigenvalue weighted by Crippen LogP contribution is -2.36. The third kappa shape index (κ3) is 8.04. The molecular weight excluding hydrogens is 450 g/mol. The first kappa shape index (κ1) is 25.0. The van der Waals surface area contributed by atoms with E-state index in [1.54, 1.807) is 66.7 Å². The highest BCUT2D eigenvalue weighted by Gasteiger charge is 2.29. The molecule has 0 radical (unpaired) electrons. The zero-order valence-corrected chi connectivity index (χ0v) is 18.7.